The number of allylic oxidation sites excluding steroid dienone is 1. The van der Waals surface area contributed by atoms with Crippen molar-refractivity contribution in [1.82, 2.24) is 10.3 Å². The van der Waals surface area contributed by atoms with E-state index in [1.54, 1.807) is 0 Å². The van der Waals surface area contributed by atoms with E-state index >= 15 is 0 Å². The number of aryl methyl sites for hydroxylation is 1. The first-order chi connectivity index (χ1) is 7.76. The smallest absolute Gasteiger partial charge is 0.0940 e. The monoisotopic (exact) mass is 238 g/mol. The summed E-state index contributed by atoms with van der Waals surface area (Å²) >= 11 is 1.84. The van der Waals surface area contributed by atoms with Gasteiger partial charge in [-0.3, -0.25) is 0 Å². The first-order valence-corrected chi connectivity index (χ1v) is 6.85. The molecule has 1 heterocycles. The van der Waals surface area contributed by atoms with Crippen LogP contribution >= 0.6 is 11.3 Å². The number of nitrogens with one attached hydrogen (secondary N) is 1. The summed E-state index contributed by atoms with van der Waals surface area (Å²) in [6, 6.07) is 0.573. The highest BCUT2D eigenvalue weighted by Crippen LogP contribution is 2.13. The predicted octanol–water partition coefficient (Wildman–Crippen LogP) is 3.19. The van der Waals surface area contributed by atoms with Crippen molar-refractivity contribution in [2.45, 2.75) is 45.6 Å². The molecule has 0 amide bonds. The van der Waals surface area contributed by atoms with Crippen LogP contribution in [0.15, 0.2) is 18.9 Å². The molecule has 1 unspecified atom stereocenters. The average Bonchev–Trinajstić information content (AvgIpc) is 2.74. The van der Waals surface area contributed by atoms with Gasteiger partial charge in [-0.1, -0.05) is 13.0 Å². The van der Waals surface area contributed by atoms with E-state index in [4.69, 9.17) is 0 Å². The molecule has 2 nitrogen and oxygen atoms in total. The molecule has 0 aliphatic carbocycles. The van der Waals surface area contributed by atoms with E-state index in [-0.39, 0.29) is 0 Å². The molecule has 0 fully saturated rings. The van der Waals surface area contributed by atoms with Gasteiger partial charge in [0.2, 0.25) is 0 Å². The normalized spacial score (nSPS) is 12.6. The van der Waals surface area contributed by atoms with Crippen molar-refractivity contribution >= 4 is 11.3 Å². The number of aromatic nitrogens is 1. The van der Waals surface area contributed by atoms with E-state index in [1.807, 2.05) is 23.6 Å². The lowest BCUT2D eigenvalue weighted by Gasteiger charge is -2.11. The van der Waals surface area contributed by atoms with Gasteiger partial charge in [0.25, 0.3) is 0 Å². The average molecular weight is 238 g/mol. The van der Waals surface area contributed by atoms with Crippen molar-refractivity contribution in [2.75, 3.05) is 6.54 Å². The van der Waals surface area contributed by atoms with Crippen molar-refractivity contribution in [3.8, 4) is 0 Å². The molecular formula is C13H22N2S. The molecular weight excluding hydrogens is 216 g/mol. The summed E-state index contributed by atoms with van der Waals surface area (Å²) in [4.78, 5) is 5.79. The first kappa shape index (κ1) is 13.4. The van der Waals surface area contributed by atoms with Gasteiger partial charge in [0.05, 0.1) is 5.01 Å². The van der Waals surface area contributed by atoms with Gasteiger partial charge in [0.15, 0.2) is 0 Å². The minimum absolute atomic E-state index is 0.573. The van der Waals surface area contributed by atoms with Crippen LogP contribution in [0.2, 0.25) is 0 Å². The maximum atomic E-state index is 4.41. The van der Waals surface area contributed by atoms with Crippen LogP contribution in [-0.2, 0) is 12.8 Å². The predicted molar refractivity (Wildman–Crippen MR) is 72.1 cm³/mol. The molecule has 1 rings (SSSR count). The van der Waals surface area contributed by atoms with E-state index in [1.165, 1.54) is 16.3 Å². The van der Waals surface area contributed by atoms with E-state index in [0.717, 1.165) is 25.8 Å². The fourth-order valence-corrected chi connectivity index (χ4v) is 2.38. The quantitative estimate of drug-likeness (QED) is 0.704. The Hall–Kier alpha value is -0.670. The van der Waals surface area contributed by atoms with Crippen LogP contribution in [0.5, 0.6) is 0 Å². The number of rotatable bonds is 8. The Bertz CT molecular complexity index is 307. The molecule has 0 spiro atoms. The lowest BCUT2D eigenvalue weighted by molar-refractivity contribution is 0.521. The topological polar surface area (TPSA) is 24.9 Å². The third kappa shape index (κ3) is 4.90. The molecule has 0 aliphatic rings. The Morgan fingerprint density at radius 1 is 1.62 bits per heavy atom. The highest BCUT2D eigenvalue weighted by Gasteiger charge is 2.02. The van der Waals surface area contributed by atoms with Crippen molar-refractivity contribution in [2.24, 2.45) is 0 Å². The highest BCUT2D eigenvalue weighted by molar-refractivity contribution is 7.11. The number of hydrogen-bond donors (Lipinski definition) is 1. The van der Waals surface area contributed by atoms with Gasteiger partial charge in [-0.05, 0) is 26.2 Å². The number of nitrogens with zero attached hydrogens (tertiary/aromatic N) is 1. The van der Waals surface area contributed by atoms with E-state index in [9.17, 15) is 0 Å². The summed E-state index contributed by atoms with van der Waals surface area (Å²) in [6.45, 7) is 9.16. The molecule has 0 radical (unpaired) electrons. The summed E-state index contributed by atoms with van der Waals surface area (Å²) in [5, 5.41) is 4.76. The summed E-state index contributed by atoms with van der Waals surface area (Å²) in [5.74, 6) is 0. The third-order valence-electron chi connectivity index (χ3n) is 2.59. The third-order valence-corrected chi connectivity index (χ3v) is 3.79. The van der Waals surface area contributed by atoms with Crippen molar-refractivity contribution in [1.29, 1.82) is 0 Å². The van der Waals surface area contributed by atoms with Gasteiger partial charge in [-0.15, -0.1) is 17.9 Å². The van der Waals surface area contributed by atoms with E-state index < -0.39 is 0 Å². The maximum absolute atomic E-state index is 4.41. The Labute approximate surface area is 103 Å². The van der Waals surface area contributed by atoms with Crippen LogP contribution < -0.4 is 5.32 Å². The molecule has 1 aromatic rings. The minimum atomic E-state index is 0.573. The van der Waals surface area contributed by atoms with Crippen LogP contribution in [-0.4, -0.2) is 17.6 Å². The van der Waals surface area contributed by atoms with Gasteiger partial charge >= 0.3 is 0 Å². The second-order valence-corrected chi connectivity index (χ2v) is 5.24. The zero-order valence-electron chi connectivity index (χ0n) is 10.3. The maximum Gasteiger partial charge on any atom is 0.0940 e. The second kappa shape index (κ2) is 7.58. The van der Waals surface area contributed by atoms with Gasteiger partial charge < -0.3 is 5.32 Å². The Balaban J connectivity index is 2.17. The molecule has 0 saturated carbocycles. The highest BCUT2D eigenvalue weighted by atomic mass is 32.1. The number of hydrogen-bond acceptors (Lipinski definition) is 3. The summed E-state index contributed by atoms with van der Waals surface area (Å²) in [6.07, 6.45) is 8.38. The molecule has 0 aliphatic heterocycles. The fourth-order valence-electron chi connectivity index (χ4n) is 1.52. The van der Waals surface area contributed by atoms with Crippen molar-refractivity contribution < 1.29 is 0 Å². The van der Waals surface area contributed by atoms with Gasteiger partial charge in [-0.2, -0.15) is 0 Å². The molecule has 1 aromatic heterocycles. The standard InChI is InChI=1S/C13H22N2S/c1-4-6-7-11(3)14-9-8-13-15-10-12(5-2)16-13/h4,10-11,14H,1,5-9H2,2-3H3. The molecule has 1 N–H and O–H groups in total. The summed E-state index contributed by atoms with van der Waals surface area (Å²) < 4.78 is 0. The molecule has 16 heavy (non-hydrogen) atoms. The number of thiazole rings is 1. The van der Waals surface area contributed by atoms with E-state index in [2.05, 4.69) is 30.7 Å². The first-order valence-electron chi connectivity index (χ1n) is 6.04. The molecule has 0 aromatic carbocycles. The van der Waals surface area contributed by atoms with Crippen LogP contribution in [0, 0.1) is 0 Å². The Kier molecular flexibility index (Phi) is 6.34. The van der Waals surface area contributed by atoms with Gasteiger partial charge in [-0.25, -0.2) is 4.98 Å². The van der Waals surface area contributed by atoms with Crippen molar-refractivity contribution in [3.05, 3.63) is 28.7 Å². The molecule has 0 saturated heterocycles. The fraction of sp³-hybridized carbons (Fsp3) is 0.615. The van der Waals surface area contributed by atoms with Crippen LogP contribution in [0.3, 0.4) is 0 Å². The molecule has 1 atom stereocenters. The van der Waals surface area contributed by atoms with Crippen LogP contribution in [0.4, 0.5) is 0 Å². The second-order valence-electron chi connectivity index (χ2n) is 4.05. The Morgan fingerprint density at radius 2 is 2.44 bits per heavy atom. The van der Waals surface area contributed by atoms with Crippen molar-refractivity contribution in [3.63, 3.8) is 0 Å². The van der Waals surface area contributed by atoms with Crippen LogP contribution in [0.1, 0.15) is 36.6 Å². The summed E-state index contributed by atoms with van der Waals surface area (Å²) in [5.41, 5.74) is 0. The zero-order valence-corrected chi connectivity index (χ0v) is 11.1. The largest absolute Gasteiger partial charge is 0.314 e. The lowest BCUT2D eigenvalue weighted by Crippen LogP contribution is -2.27. The zero-order chi connectivity index (χ0) is 11.8. The molecule has 90 valence electrons. The molecule has 3 heteroatoms. The molecule has 0 bridgehead atoms. The van der Waals surface area contributed by atoms with Crippen LogP contribution in [0.25, 0.3) is 0 Å². The SMILES string of the molecule is C=CCCC(C)NCCc1ncc(CC)s1. The van der Waals surface area contributed by atoms with Gasteiger partial charge in [0, 0.05) is 30.1 Å². The van der Waals surface area contributed by atoms with E-state index in [0.29, 0.717) is 6.04 Å². The lowest BCUT2D eigenvalue weighted by atomic mass is 10.2. The Morgan fingerprint density at radius 3 is 3.06 bits per heavy atom. The van der Waals surface area contributed by atoms with Gasteiger partial charge in [0.1, 0.15) is 0 Å². The summed E-state index contributed by atoms with van der Waals surface area (Å²) in [7, 11) is 0. The minimum Gasteiger partial charge on any atom is -0.314 e.